The molecule has 0 saturated heterocycles. The summed E-state index contributed by atoms with van der Waals surface area (Å²) in [6.45, 7) is -0.684. The number of halogens is 5. The highest BCUT2D eigenvalue weighted by atomic mass is 79.9. The number of carbonyl (C=O) groups is 1. The van der Waals surface area contributed by atoms with E-state index in [0.29, 0.717) is 32.3 Å². The number of aromatic amines is 2. The molecular weight excluding hydrogens is 457 g/mol. The van der Waals surface area contributed by atoms with E-state index in [9.17, 15) is 27.6 Å². The van der Waals surface area contributed by atoms with Crippen molar-refractivity contribution in [3.63, 3.8) is 0 Å². The Morgan fingerprint density at radius 2 is 1.81 bits per heavy atom. The van der Waals surface area contributed by atoms with Gasteiger partial charge in [0.05, 0.1) is 22.3 Å². The zero-order chi connectivity index (χ0) is 19.9. The molecule has 0 fully saturated rings. The second kappa shape index (κ2) is 6.89. The van der Waals surface area contributed by atoms with E-state index in [-0.39, 0.29) is 5.69 Å². The number of aromatic nitrogens is 3. The lowest BCUT2D eigenvalue weighted by atomic mass is 10.2. The molecule has 0 unspecified atom stereocenters. The molecule has 0 spiro atoms. The van der Waals surface area contributed by atoms with Gasteiger partial charge in [0.25, 0.3) is 5.56 Å². The monoisotopic (exact) mass is 464 g/mol. The Bertz CT molecular complexity index is 1170. The number of imidazole rings is 1. The third kappa shape index (κ3) is 4.08. The number of amides is 1. The van der Waals surface area contributed by atoms with E-state index in [1.54, 1.807) is 0 Å². The maximum Gasteiger partial charge on any atom is 0.417 e. The van der Waals surface area contributed by atoms with Gasteiger partial charge in [0.2, 0.25) is 5.91 Å². The zero-order valence-electron chi connectivity index (χ0n) is 13.1. The molecule has 0 aliphatic rings. The minimum atomic E-state index is -4.72. The Hall–Kier alpha value is -2.53. The number of carbonyl (C=O) groups excluding carboxylic acids is 1. The number of fused-ring (bicyclic) bond motifs is 1. The molecule has 2 heterocycles. The van der Waals surface area contributed by atoms with Crippen LogP contribution in [0.2, 0.25) is 5.02 Å². The maximum atomic E-state index is 12.9. The summed E-state index contributed by atoms with van der Waals surface area (Å²) in [7, 11) is 0. The van der Waals surface area contributed by atoms with E-state index in [4.69, 9.17) is 11.6 Å². The topological polar surface area (TPSA) is 99.8 Å². The highest BCUT2D eigenvalue weighted by Gasteiger charge is 2.32. The molecule has 3 rings (SSSR count). The Morgan fingerprint density at radius 3 is 2.44 bits per heavy atom. The SMILES string of the molecule is O=C(Cn1cc(C(F)(F)F)cc(Cl)c1=O)Nc1cc2[nH]c(=O)[nH]c2cc1Br. The average molecular weight is 466 g/mol. The molecule has 1 amide bonds. The summed E-state index contributed by atoms with van der Waals surface area (Å²) in [5.41, 5.74) is -1.35. The van der Waals surface area contributed by atoms with Crippen molar-refractivity contribution in [2.24, 2.45) is 0 Å². The molecule has 0 aliphatic carbocycles. The van der Waals surface area contributed by atoms with Crippen molar-refractivity contribution in [2.75, 3.05) is 5.32 Å². The summed E-state index contributed by atoms with van der Waals surface area (Å²) in [4.78, 5) is 40.5. The normalized spacial score (nSPS) is 11.7. The molecule has 3 N–H and O–H groups in total. The summed E-state index contributed by atoms with van der Waals surface area (Å²) in [5.74, 6) is -0.759. The second-order valence-electron chi connectivity index (χ2n) is 5.51. The van der Waals surface area contributed by atoms with Crippen LogP contribution >= 0.6 is 27.5 Å². The van der Waals surface area contributed by atoms with Crippen molar-refractivity contribution in [1.29, 1.82) is 0 Å². The van der Waals surface area contributed by atoms with Crippen LogP contribution in [0, 0.1) is 0 Å². The van der Waals surface area contributed by atoms with Crippen LogP contribution in [0.5, 0.6) is 0 Å². The Labute approximate surface area is 161 Å². The quantitative estimate of drug-likeness (QED) is 0.554. The fourth-order valence-corrected chi connectivity index (χ4v) is 3.04. The van der Waals surface area contributed by atoms with E-state index in [1.165, 1.54) is 12.1 Å². The van der Waals surface area contributed by atoms with Gasteiger partial charge in [-0.05, 0) is 34.1 Å². The van der Waals surface area contributed by atoms with Gasteiger partial charge in [-0.25, -0.2) is 4.79 Å². The third-order valence-electron chi connectivity index (χ3n) is 3.56. The van der Waals surface area contributed by atoms with Crippen molar-refractivity contribution < 1.29 is 18.0 Å². The van der Waals surface area contributed by atoms with Gasteiger partial charge in [-0.2, -0.15) is 13.2 Å². The van der Waals surface area contributed by atoms with Crippen LogP contribution in [0.25, 0.3) is 11.0 Å². The van der Waals surface area contributed by atoms with Crippen LogP contribution in [0.4, 0.5) is 18.9 Å². The van der Waals surface area contributed by atoms with Crippen molar-refractivity contribution in [3.05, 3.63) is 60.3 Å². The molecule has 0 radical (unpaired) electrons. The van der Waals surface area contributed by atoms with E-state index in [1.807, 2.05) is 0 Å². The molecule has 142 valence electrons. The maximum absolute atomic E-state index is 12.9. The molecule has 27 heavy (non-hydrogen) atoms. The third-order valence-corrected chi connectivity index (χ3v) is 4.49. The first-order valence-electron chi connectivity index (χ1n) is 7.23. The average Bonchev–Trinajstić information content (AvgIpc) is 2.89. The molecular formula is C15H9BrClF3N4O3. The largest absolute Gasteiger partial charge is 0.417 e. The Morgan fingerprint density at radius 1 is 1.19 bits per heavy atom. The van der Waals surface area contributed by atoms with Crippen molar-refractivity contribution in [2.45, 2.75) is 12.7 Å². The fourth-order valence-electron chi connectivity index (χ4n) is 2.37. The van der Waals surface area contributed by atoms with Gasteiger partial charge in [-0.15, -0.1) is 0 Å². The van der Waals surface area contributed by atoms with Gasteiger partial charge in [0.1, 0.15) is 11.6 Å². The van der Waals surface area contributed by atoms with Gasteiger partial charge in [0, 0.05) is 10.7 Å². The number of hydrogen-bond acceptors (Lipinski definition) is 3. The minimum Gasteiger partial charge on any atom is -0.323 e. The Kier molecular flexibility index (Phi) is 4.91. The standard InChI is InChI=1S/C15H9BrClF3N4O3/c16-7-2-10-11(23-14(27)22-10)3-9(7)21-12(25)5-24-4-6(15(18,19)20)1-8(17)13(24)26/h1-4H,5H2,(H,21,25)(H2,22,23,27). The molecule has 12 heteroatoms. The predicted molar refractivity (Wildman–Crippen MR) is 96.0 cm³/mol. The van der Waals surface area contributed by atoms with Crippen LogP contribution in [0.15, 0.2) is 38.5 Å². The Balaban J connectivity index is 1.88. The van der Waals surface area contributed by atoms with Gasteiger partial charge < -0.3 is 19.9 Å². The van der Waals surface area contributed by atoms with Crippen LogP contribution in [-0.4, -0.2) is 20.4 Å². The predicted octanol–water partition coefficient (Wildman–Crippen LogP) is 3.09. The van der Waals surface area contributed by atoms with Gasteiger partial charge in [-0.1, -0.05) is 11.6 Å². The summed E-state index contributed by atoms with van der Waals surface area (Å²) >= 11 is 8.77. The molecule has 2 aromatic heterocycles. The van der Waals surface area contributed by atoms with Crippen molar-refractivity contribution >= 4 is 50.2 Å². The van der Waals surface area contributed by atoms with Gasteiger partial charge >= 0.3 is 11.9 Å². The highest BCUT2D eigenvalue weighted by molar-refractivity contribution is 9.10. The van der Waals surface area contributed by atoms with Crippen LogP contribution in [0.3, 0.4) is 0 Å². The number of nitrogens with zero attached hydrogens (tertiary/aromatic N) is 1. The summed E-state index contributed by atoms with van der Waals surface area (Å²) in [6, 6.07) is 3.50. The number of H-pyrrole nitrogens is 2. The number of anilines is 1. The summed E-state index contributed by atoms with van der Waals surface area (Å²) in [5, 5.41) is 1.81. The molecule has 0 saturated carbocycles. The number of benzene rings is 1. The second-order valence-corrected chi connectivity index (χ2v) is 6.77. The molecule has 0 atom stereocenters. The number of nitrogens with one attached hydrogen (secondary N) is 3. The van der Waals surface area contributed by atoms with Crippen molar-refractivity contribution in [1.82, 2.24) is 14.5 Å². The first-order valence-corrected chi connectivity index (χ1v) is 8.40. The molecule has 0 bridgehead atoms. The van der Waals surface area contributed by atoms with Gasteiger partial charge in [-0.3, -0.25) is 9.59 Å². The van der Waals surface area contributed by atoms with E-state index >= 15 is 0 Å². The number of alkyl halides is 3. The zero-order valence-corrected chi connectivity index (χ0v) is 15.4. The summed E-state index contributed by atoms with van der Waals surface area (Å²) < 4.78 is 39.6. The van der Waals surface area contributed by atoms with E-state index < -0.39 is 40.5 Å². The first-order chi connectivity index (χ1) is 12.5. The smallest absolute Gasteiger partial charge is 0.323 e. The van der Waals surface area contributed by atoms with Crippen molar-refractivity contribution in [3.8, 4) is 0 Å². The lowest BCUT2D eigenvalue weighted by Crippen LogP contribution is -2.29. The van der Waals surface area contributed by atoms with Crippen LogP contribution < -0.4 is 16.6 Å². The number of hydrogen-bond donors (Lipinski definition) is 3. The molecule has 7 nitrogen and oxygen atoms in total. The number of pyridine rings is 1. The molecule has 3 aromatic rings. The lowest BCUT2D eigenvalue weighted by molar-refractivity contribution is -0.138. The molecule has 0 aliphatic heterocycles. The van der Waals surface area contributed by atoms with Crippen LogP contribution in [0.1, 0.15) is 5.56 Å². The van der Waals surface area contributed by atoms with Crippen LogP contribution in [-0.2, 0) is 17.5 Å². The van der Waals surface area contributed by atoms with E-state index in [2.05, 4.69) is 31.2 Å². The van der Waals surface area contributed by atoms with E-state index in [0.717, 1.165) is 0 Å². The highest BCUT2D eigenvalue weighted by Crippen LogP contribution is 2.30. The molecule has 1 aromatic carbocycles. The lowest BCUT2D eigenvalue weighted by Gasteiger charge is -2.12. The minimum absolute atomic E-state index is 0.258. The first kappa shape index (κ1) is 19.2. The fraction of sp³-hybridized carbons (Fsp3) is 0.133. The number of rotatable bonds is 3. The summed E-state index contributed by atoms with van der Waals surface area (Å²) in [6.07, 6.45) is -4.19. The van der Waals surface area contributed by atoms with Gasteiger partial charge in [0.15, 0.2) is 0 Å².